The summed E-state index contributed by atoms with van der Waals surface area (Å²) in [7, 11) is 0. The van der Waals surface area contributed by atoms with Crippen molar-refractivity contribution in [1.29, 1.82) is 0 Å². The van der Waals surface area contributed by atoms with Crippen molar-refractivity contribution < 1.29 is 0 Å². The van der Waals surface area contributed by atoms with E-state index in [0.717, 1.165) is 12.8 Å². The quantitative estimate of drug-likeness (QED) is 0.537. The number of fused-ring (bicyclic) bond motifs is 2. The molecule has 0 saturated carbocycles. The molecule has 0 saturated heterocycles. The summed E-state index contributed by atoms with van der Waals surface area (Å²) in [5.74, 6) is 0. The van der Waals surface area contributed by atoms with E-state index in [2.05, 4.69) is 72.8 Å². The zero-order valence-electron chi connectivity index (χ0n) is 11.3. The predicted octanol–water partition coefficient (Wildman–Crippen LogP) is 5.42. The van der Waals surface area contributed by atoms with E-state index < -0.39 is 0 Å². The number of hydrogen-bond donors (Lipinski definition) is 0. The summed E-state index contributed by atoms with van der Waals surface area (Å²) >= 11 is 0. The molecule has 0 aliphatic heterocycles. The SMILES string of the molecule is C1=CC(Cc2c3ccccc3cc3ccccc23)=CC1. The maximum absolute atomic E-state index is 2.33. The Kier molecular flexibility index (Phi) is 2.67. The molecule has 4 rings (SSSR count). The van der Waals surface area contributed by atoms with Crippen molar-refractivity contribution in [3.63, 3.8) is 0 Å². The molecule has 0 unspecified atom stereocenters. The average Bonchev–Trinajstić information content (AvgIpc) is 3.00. The number of rotatable bonds is 2. The molecule has 0 N–H and O–H groups in total. The molecule has 0 heterocycles. The first-order valence-corrected chi connectivity index (χ1v) is 7.17. The normalized spacial score (nSPS) is 14.1. The Morgan fingerprint density at radius 3 is 2.05 bits per heavy atom. The highest BCUT2D eigenvalue weighted by molar-refractivity contribution is 6.02. The molecule has 0 atom stereocenters. The molecule has 0 amide bonds. The monoisotopic (exact) mass is 256 g/mol. The van der Waals surface area contributed by atoms with E-state index in [4.69, 9.17) is 0 Å². The highest BCUT2D eigenvalue weighted by Gasteiger charge is 2.09. The second-order valence-electron chi connectivity index (χ2n) is 5.39. The van der Waals surface area contributed by atoms with Crippen molar-refractivity contribution in [2.45, 2.75) is 12.8 Å². The van der Waals surface area contributed by atoms with Crippen LogP contribution >= 0.6 is 0 Å². The van der Waals surface area contributed by atoms with Crippen LogP contribution in [0.1, 0.15) is 12.0 Å². The average molecular weight is 256 g/mol. The van der Waals surface area contributed by atoms with Gasteiger partial charge in [0.2, 0.25) is 0 Å². The van der Waals surface area contributed by atoms with Crippen LogP contribution in [0.5, 0.6) is 0 Å². The first-order chi connectivity index (χ1) is 9.92. The fourth-order valence-electron chi connectivity index (χ4n) is 3.14. The molecule has 0 bridgehead atoms. The molecule has 3 aromatic carbocycles. The van der Waals surface area contributed by atoms with Gasteiger partial charge in [-0.05, 0) is 51.6 Å². The lowest BCUT2D eigenvalue weighted by Gasteiger charge is -2.11. The first kappa shape index (κ1) is 11.5. The molecular weight excluding hydrogens is 240 g/mol. The molecule has 0 aromatic heterocycles. The van der Waals surface area contributed by atoms with Gasteiger partial charge in [-0.3, -0.25) is 0 Å². The molecule has 1 aliphatic carbocycles. The highest BCUT2D eigenvalue weighted by atomic mass is 14.1. The Balaban J connectivity index is 2.03. The lowest BCUT2D eigenvalue weighted by atomic mass is 9.93. The summed E-state index contributed by atoms with van der Waals surface area (Å²) in [5.41, 5.74) is 2.89. The van der Waals surface area contributed by atoms with Crippen LogP contribution in [0.15, 0.2) is 78.4 Å². The second kappa shape index (κ2) is 4.64. The minimum absolute atomic E-state index is 1.03. The number of hydrogen-bond acceptors (Lipinski definition) is 0. The number of allylic oxidation sites excluding steroid dienone is 4. The molecule has 1 aliphatic rings. The van der Waals surface area contributed by atoms with Crippen LogP contribution in [0.3, 0.4) is 0 Å². The fourth-order valence-corrected chi connectivity index (χ4v) is 3.14. The molecule has 0 radical (unpaired) electrons. The van der Waals surface area contributed by atoms with Gasteiger partial charge in [0.1, 0.15) is 0 Å². The summed E-state index contributed by atoms with van der Waals surface area (Å²) in [6.07, 6.45) is 8.94. The molecule has 0 nitrogen and oxygen atoms in total. The predicted molar refractivity (Wildman–Crippen MR) is 87.0 cm³/mol. The van der Waals surface area contributed by atoms with Crippen LogP contribution < -0.4 is 0 Å². The summed E-state index contributed by atoms with van der Waals surface area (Å²) < 4.78 is 0. The standard InChI is InChI=1S/C20H16/c1-2-8-15(7-1)13-20-18-11-5-3-9-16(18)14-17-10-4-6-12-19(17)20/h1,3-12,14H,2,13H2. The largest absolute Gasteiger partial charge is 0.0805 e. The molecule has 0 spiro atoms. The van der Waals surface area contributed by atoms with Gasteiger partial charge in [0.05, 0.1) is 0 Å². The van der Waals surface area contributed by atoms with E-state index in [1.807, 2.05) is 0 Å². The van der Waals surface area contributed by atoms with E-state index in [0.29, 0.717) is 0 Å². The van der Waals surface area contributed by atoms with Crippen LogP contribution in [0, 0.1) is 0 Å². The van der Waals surface area contributed by atoms with Crippen LogP contribution in [0.4, 0.5) is 0 Å². The molecule has 20 heavy (non-hydrogen) atoms. The van der Waals surface area contributed by atoms with Crippen LogP contribution in [-0.2, 0) is 6.42 Å². The van der Waals surface area contributed by atoms with Crippen LogP contribution in [-0.4, -0.2) is 0 Å². The smallest absolute Gasteiger partial charge is 0.00166 e. The highest BCUT2D eigenvalue weighted by Crippen LogP contribution is 2.31. The van der Waals surface area contributed by atoms with Crippen LogP contribution in [0.25, 0.3) is 21.5 Å². The van der Waals surface area contributed by atoms with Crippen molar-refractivity contribution in [2.75, 3.05) is 0 Å². The Bertz CT molecular complexity index is 796. The summed E-state index contributed by atoms with van der Waals surface area (Å²) in [6.45, 7) is 0. The third-order valence-electron chi connectivity index (χ3n) is 4.11. The summed E-state index contributed by atoms with van der Waals surface area (Å²) in [6, 6.07) is 19.7. The van der Waals surface area contributed by atoms with Gasteiger partial charge in [-0.25, -0.2) is 0 Å². The van der Waals surface area contributed by atoms with E-state index in [1.165, 1.54) is 32.7 Å². The molecule has 0 heteroatoms. The zero-order chi connectivity index (χ0) is 13.4. The van der Waals surface area contributed by atoms with Crippen molar-refractivity contribution in [1.82, 2.24) is 0 Å². The zero-order valence-corrected chi connectivity index (χ0v) is 11.3. The van der Waals surface area contributed by atoms with Crippen molar-refractivity contribution in [3.8, 4) is 0 Å². The summed E-state index contributed by atoms with van der Waals surface area (Å²) in [5, 5.41) is 5.44. The molecular formula is C20H16. The summed E-state index contributed by atoms with van der Waals surface area (Å²) in [4.78, 5) is 0. The Morgan fingerprint density at radius 1 is 0.800 bits per heavy atom. The topological polar surface area (TPSA) is 0 Å². The van der Waals surface area contributed by atoms with Gasteiger partial charge >= 0.3 is 0 Å². The lowest BCUT2D eigenvalue weighted by Crippen LogP contribution is -1.91. The molecule has 96 valence electrons. The third-order valence-corrected chi connectivity index (χ3v) is 4.11. The van der Waals surface area contributed by atoms with Crippen LogP contribution in [0.2, 0.25) is 0 Å². The van der Waals surface area contributed by atoms with Gasteiger partial charge < -0.3 is 0 Å². The maximum Gasteiger partial charge on any atom is -0.00166 e. The van der Waals surface area contributed by atoms with Gasteiger partial charge in [-0.2, -0.15) is 0 Å². The lowest BCUT2D eigenvalue weighted by molar-refractivity contribution is 1.24. The van der Waals surface area contributed by atoms with E-state index in [9.17, 15) is 0 Å². The van der Waals surface area contributed by atoms with Gasteiger partial charge in [-0.1, -0.05) is 66.8 Å². The first-order valence-electron chi connectivity index (χ1n) is 7.17. The molecule has 3 aromatic rings. The van der Waals surface area contributed by atoms with Gasteiger partial charge in [-0.15, -0.1) is 0 Å². The van der Waals surface area contributed by atoms with Gasteiger partial charge in [0.25, 0.3) is 0 Å². The minimum Gasteiger partial charge on any atom is -0.0805 e. The van der Waals surface area contributed by atoms with Crippen molar-refractivity contribution in [2.24, 2.45) is 0 Å². The van der Waals surface area contributed by atoms with Crippen molar-refractivity contribution >= 4 is 21.5 Å². The Morgan fingerprint density at radius 2 is 1.45 bits per heavy atom. The van der Waals surface area contributed by atoms with E-state index in [-0.39, 0.29) is 0 Å². The Labute approximate surface area is 119 Å². The third kappa shape index (κ3) is 1.85. The molecule has 0 fully saturated rings. The van der Waals surface area contributed by atoms with Gasteiger partial charge in [0.15, 0.2) is 0 Å². The maximum atomic E-state index is 2.33. The minimum atomic E-state index is 1.03. The van der Waals surface area contributed by atoms with E-state index in [1.54, 1.807) is 0 Å². The second-order valence-corrected chi connectivity index (χ2v) is 5.39. The fraction of sp³-hybridized carbons (Fsp3) is 0.100. The number of benzene rings is 3. The van der Waals surface area contributed by atoms with E-state index >= 15 is 0 Å². The Hall–Kier alpha value is -2.34. The van der Waals surface area contributed by atoms with Gasteiger partial charge in [0, 0.05) is 0 Å². The van der Waals surface area contributed by atoms with Crippen molar-refractivity contribution in [3.05, 3.63) is 84.0 Å².